The van der Waals surface area contributed by atoms with Crippen LogP contribution >= 0.6 is 0 Å². The zero-order chi connectivity index (χ0) is 10.1. The summed E-state index contributed by atoms with van der Waals surface area (Å²) in [4.78, 5) is 3.93. The highest BCUT2D eigenvalue weighted by Gasteiger charge is 2.09. The minimum Gasteiger partial charge on any atom is -0.369 e. The van der Waals surface area contributed by atoms with Gasteiger partial charge in [-0.25, -0.2) is 13.4 Å². The number of rotatable bonds is 3. The van der Waals surface area contributed by atoms with Gasteiger partial charge in [-0.1, -0.05) is 0 Å². The molecule has 0 radical (unpaired) electrons. The van der Waals surface area contributed by atoms with Crippen molar-refractivity contribution in [2.75, 3.05) is 12.0 Å². The third-order valence-corrected chi connectivity index (χ3v) is 2.43. The largest absolute Gasteiger partial charge is 0.369 e. The maximum absolute atomic E-state index is 10.9. The Bertz CT molecular complexity index is 394. The summed E-state index contributed by atoms with van der Waals surface area (Å²) in [5.41, 5.74) is 6.03. The molecule has 1 aromatic heterocycles. The Hall–Kier alpha value is -1.04. The number of aryl methyl sites for hydroxylation is 1. The van der Waals surface area contributed by atoms with Crippen LogP contribution in [-0.2, 0) is 22.1 Å². The van der Waals surface area contributed by atoms with Crippen molar-refractivity contribution >= 4 is 15.8 Å². The Labute approximate surface area is 77.5 Å². The number of sulfone groups is 1. The molecule has 5 nitrogen and oxygen atoms in total. The van der Waals surface area contributed by atoms with Gasteiger partial charge < -0.3 is 10.3 Å². The molecule has 0 aliphatic rings. The molecule has 0 saturated heterocycles. The highest BCUT2D eigenvalue weighted by Crippen LogP contribution is 2.07. The number of nitrogen functional groups attached to an aromatic ring is 1. The van der Waals surface area contributed by atoms with Crippen molar-refractivity contribution in [3.8, 4) is 0 Å². The van der Waals surface area contributed by atoms with Crippen LogP contribution in [0.2, 0.25) is 0 Å². The van der Waals surface area contributed by atoms with Gasteiger partial charge >= 0.3 is 0 Å². The summed E-state index contributed by atoms with van der Waals surface area (Å²) in [5.74, 6) is 0.311. The lowest BCUT2D eigenvalue weighted by Crippen LogP contribution is -2.00. The molecule has 2 N–H and O–H groups in total. The third kappa shape index (κ3) is 2.73. The maximum Gasteiger partial charge on any atom is 0.200 e. The normalized spacial score (nSPS) is 11.8. The first-order valence-electron chi connectivity index (χ1n) is 3.91. The fourth-order valence-electron chi connectivity index (χ4n) is 1.08. The van der Waals surface area contributed by atoms with E-state index < -0.39 is 9.84 Å². The van der Waals surface area contributed by atoms with Crippen LogP contribution in [0.3, 0.4) is 0 Å². The molecule has 0 amide bonds. The highest BCUT2D eigenvalue weighted by molar-refractivity contribution is 7.89. The molecule has 0 spiro atoms. The molecule has 74 valence electrons. The summed E-state index contributed by atoms with van der Waals surface area (Å²) < 4.78 is 23.5. The molecular formula is C7H13N3O2S. The third-order valence-electron chi connectivity index (χ3n) is 1.61. The van der Waals surface area contributed by atoms with Gasteiger partial charge in [0.1, 0.15) is 0 Å². The number of nitrogens with zero attached hydrogens (tertiary/aromatic N) is 2. The van der Waals surface area contributed by atoms with E-state index in [2.05, 4.69) is 4.98 Å². The Morgan fingerprint density at radius 3 is 2.62 bits per heavy atom. The second-order valence-electron chi connectivity index (χ2n) is 2.95. The monoisotopic (exact) mass is 203 g/mol. The number of aromatic nitrogens is 2. The fourth-order valence-corrected chi connectivity index (χ4v) is 1.75. The van der Waals surface area contributed by atoms with Gasteiger partial charge in [-0.15, -0.1) is 0 Å². The molecule has 13 heavy (non-hydrogen) atoms. The summed E-state index contributed by atoms with van der Waals surface area (Å²) in [5, 5.41) is 0. The molecule has 0 saturated carbocycles. The van der Waals surface area contributed by atoms with Gasteiger partial charge in [-0.2, -0.15) is 0 Å². The molecule has 1 heterocycles. The van der Waals surface area contributed by atoms with Gasteiger partial charge in [-0.05, 0) is 6.92 Å². The minimum absolute atomic E-state index is 0.0514. The van der Waals surface area contributed by atoms with Crippen LogP contribution in [0.25, 0.3) is 0 Å². The number of anilines is 1. The average Bonchev–Trinajstić information content (AvgIpc) is 2.26. The lowest BCUT2D eigenvalue weighted by molar-refractivity contribution is 0.600. The van der Waals surface area contributed by atoms with E-state index in [9.17, 15) is 8.42 Å². The van der Waals surface area contributed by atoms with Crippen molar-refractivity contribution in [3.05, 3.63) is 11.9 Å². The molecular weight excluding hydrogens is 190 g/mol. The number of hydrogen-bond donors (Lipinski definition) is 1. The Morgan fingerprint density at radius 1 is 1.62 bits per heavy atom. The number of hydrogen-bond acceptors (Lipinski definition) is 4. The van der Waals surface area contributed by atoms with Crippen LogP contribution in [-0.4, -0.2) is 24.2 Å². The van der Waals surface area contributed by atoms with E-state index in [1.54, 1.807) is 10.8 Å². The topological polar surface area (TPSA) is 78.0 Å². The second-order valence-corrected chi connectivity index (χ2v) is 5.09. The van der Waals surface area contributed by atoms with Gasteiger partial charge in [0, 0.05) is 19.0 Å². The van der Waals surface area contributed by atoms with Crippen LogP contribution < -0.4 is 5.73 Å². The number of imidazole rings is 1. The summed E-state index contributed by atoms with van der Waals surface area (Å²) in [6.45, 7) is 2.62. The molecule has 0 aliphatic heterocycles. The molecule has 0 aliphatic carbocycles. The smallest absolute Gasteiger partial charge is 0.200 e. The van der Waals surface area contributed by atoms with Crippen molar-refractivity contribution in [1.82, 2.24) is 9.55 Å². The van der Waals surface area contributed by atoms with Gasteiger partial charge in [0.05, 0.1) is 11.4 Å². The predicted octanol–water partition coefficient (Wildman–Crippen LogP) is 0.0298. The average molecular weight is 203 g/mol. The fraction of sp³-hybridized carbons (Fsp3) is 0.571. The zero-order valence-corrected chi connectivity index (χ0v) is 8.50. The van der Waals surface area contributed by atoms with E-state index in [1.165, 1.54) is 6.26 Å². The van der Waals surface area contributed by atoms with Gasteiger partial charge in [0.15, 0.2) is 15.8 Å². The molecule has 0 aromatic carbocycles. The Morgan fingerprint density at radius 2 is 2.23 bits per heavy atom. The van der Waals surface area contributed by atoms with Crippen molar-refractivity contribution < 1.29 is 8.42 Å². The first-order chi connectivity index (χ1) is 5.92. The van der Waals surface area contributed by atoms with Crippen molar-refractivity contribution in [2.24, 2.45) is 0 Å². The van der Waals surface area contributed by atoms with Gasteiger partial charge in [-0.3, -0.25) is 0 Å². The SMILES string of the molecule is CCn1cc(CS(C)(=O)=O)nc1N. The molecule has 1 aromatic rings. The van der Waals surface area contributed by atoms with Crippen LogP contribution in [0.15, 0.2) is 6.20 Å². The molecule has 0 unspecified atom stereocenters. The van der Waals surface area contributed by atoms with E-state index in [-0.39, 0.29) is 5.75 Å². The predicted molar refractivity (Wildman–Crippen MR) is 50.9 cm³/mol. The molecule has 1 rings (SSSR count). The summed E-state index contributed by atoms with van der Waals surface area (Å²) in [6, 6.07) is 0. The lowest BCUT2D eigenvalue weighted by atomic mass is 10.5. The van der Waals surface area contributed by atoms with E-state index in [4.69, 9.17) is 5.73 Å². The second kappa shape index (κ2) is 3.37. The summed E-state index contributed by atoms with van der Waals surface area (Å²) in [6.07, 6.45) is 2.84. The van der Waals surface area contributed by atoms with Gasteiger partial charge in [0.2, 0.25) is 0 Å². The summed E-state index contributed by atoms with van der Waals surface area (Å²) >= 11 is 0. The van der Waals surface area contributed by atoms with Crippen LogP contribution in [0.1, 0.15) is 12.6 Å². The van der Waals surface area contributed by atoms with E-state index >= 15 is 0 Å². The van der Waals surface area contributed by atoms with Gasteiger partial charge in [0.25, 0.3) is 0 Å². The van der Waals surface area contributed by atoms with E-state index in [0.29, 0.717) is 18.2 Å². The first-order valence-corrected chi connectivity index (χ1v) is 5.97. The minimum atomic E-state index is -3.02. The molecule has 0 fully saturated rings. The van der Waals surface area contributed by atoms with Crippen molar-refractivity contribution in [1.29, 1.82) is 0 Å². The van der Waals surface area contributed by atoms with Crippen LogP contribution in [0.4, 0.5) is 5.95 Å². The Balaban J connectivity index is 2.92. The first kappa shape index (κ1) is 10.0. The highest BCUT2D eigenvalue weighted by atomic mass is 32.2. The van der Waals surface area contributed by atoms with Crippen molar-refractivity contribution in [2.45, 2.75) is 19.2 Å². The van der Waals surface area contributed by atoms with Crippen LogP contribution in [0, 0.1) is 0 Å². The Kier molecular flexibility index (Phi) is 2.60. The number of nitrogens with two attached hydrogens (primary N) is 1. The zero-order valence-electron chi connectivity index (χ0n) is 7.69. The standard InChI is InChI=1S/C7H13N3O2S/c1-3-10-4-6(9-7(10)8)5-13(2,11)12/h4H,3,5H2,1-2H3,(H2,8,9). The quantitative estimate of drug-likeness (QED) is 0.751. The summed E-state index contributed by atoms with van der Waals surface area (Å²) in [7, 11) is -3.02. The maximum atomic E-state index is 10.9. The van der Waals surface area contributed by atoms with Crippen molar-refractivity contribution in [3.63, 3.8) is 0 Å². The lowest BCUT2D eigenvalue weighted by Gasteiger charge is -1.95. The molecule has 0 atom stereocenters. The van der Waals surface area contributed by atoms with E-state index in [1.807, 2.05) is 6.92 Å². The molecule has 0 bridgehead atoms. The van der Waals surface area contributed by atoms with E-state index in [0.717, 1.165) is 0 Å². The van der Waals surface area contributed by atoms with Crippen LogP contribution in [0.5, 0.6) is 0 Å². The molecule has 6 heteroatoms.